The molecule has 21 heavy (non-hydrogen) atoms. The molecule has 1 aromatic carbocycles. The molecule has 0 saturated carbocycles. The van der Waals surface area contributed by atoms with E-state index in [-0.39, 0.29) is 12.2 Å². The Morgan fingerprint density at radius 1 is 1.38 bits per heavy atom. The molecule has 0 fully saturated rings. The smallest absolute Gasteiger partial charge is 0.328 e. The molecule has 0 aliphatic carbocycles. The van der Waals surface area contributed by atoms with E-state index in [2.05, 4.69) is 10.3 Å². The number of nitro groups is 1. The van der Waals surface area contributed by atoms with Gasteiger partial charge in [0.05, 0.1) is 11.5 Å². The van der Waals surface area contributed by atoms with E-state index in [1.165, 1.54) is 16.8 Å². The fourth-order valence-corrected chi connectivity index (χ4v) is 1.97. The van der Waals surface area contributed by atoms with Crippen LogP contribution in [0.3, 0.4) is 0 Å². The van der Waals surface area contributed by atoms with E-state index in [1.807, 2.05) is 0 Å². The number of benzene rings is 1. The summed E-state index contributed by atoms with van der Waals surface area (Å²) in [6.45, 7) is 1.81. The van der Waals surface area contributed by atoms with E-state index in [0.717, 1.165) is 0 Å². The third-order valence-corrected chi connectivity index (χ3v) is 3.07. The molecule has 1 aromatic heterocycles. The molecule has 0 bridgehead atoms. The molecule has 2 aromatic rings. The first kappa shape index (κ1) is 14.5. The molecule has 0 amide bonds. The van der Waals surface area contributed by atoms with Gasteiger partial charge in [-0.05, 0) is 18.6 Å². The van der Waals surface area contributed by atoms with Crippen LogP contribution in [0.4, 0.5) is 11.4 Å². The average Bonchev–Trinajstić information content (AvgIpc) is 2.44. The highest BCUT2D eigenvalue weighted by molar-refractivity contribution is 5.62. The molecular weight excluding hydrogens is 276 g/mol. The lowest BCUT2D eigenvalue weighted by atomic mass is 10.1. The van der Waals surface area contributed by atoms with E-state index < -0.39 is 16.2 Å². The number of anilines is 1. The Labute approximate surface area is 119 Å². The molecule has 8 heteroatoms. The number of nitrogens with one attached hydrogen (secondary N) is 2. The number of rotatable bonds is 4. The lowest BCUT2D eigenvalue weighted by molar-refractivity contribution is -0.383. The van der Waals surface area contributed by atoms with Gasteiger partial charge in [0.25, 0.3) is 11.2 Å². The fourth-order valence-electron chi connectivity index (χ4n) is 1.97. The second kappa shape index (κ2) is 5.61. The number of H-pyrrole nitrogens is 1. The van der Waals surface area contributed by atoms with Gasteiger partial charge in [0, 0.05) is 24.9 Å². The summed E-state index contributed by atoms with van der Waals surface area (Å²) < 4.78 is 1.34. The minimum absolute atomic E-state index is 0.0359. The van der Waals surface area contributed by atoms with Crippen LogP contribution in [0.2, 0.25) is 0 Å². The number of aryl methyl sites for hydroxylation is 1. The molecule has 0 unspecified atom stereocenters. The van der Waals surface area contributed by atoms with Crippen LogP contribution < -0.4 is 16.6 Å². The standard InChI is InChI=1S/C13H14N4O4/c1-8-6-16(13(19)15-12(8)18)7-9-3-4-11(17(20)21)10(5-9)14-2/h3-6,14H,7H2,1-2H3,(H,15,18,19). The fraction of sp³-hybridized carbons (Fsp3) is 0.231. The van der Waals surface area contributed by atoms with Crippen molar-refractivity contribution in [2.24, 2.45) is 0 Å². The topological polar surface area (TPSA) is 110 Å². The van der Waals surface area contributed by atoms with Crippen LogP contribution >= 0.6 is 0 Å². The van der Waals surface area contributed by atoms with Crippen LogP contribution in [0, 0.1) is 17.0 Å². The van der Waals surface area contributed by atoms with Gasteiger partial charge in [0.1, 0.15) is 5.69 Å². The summed E-state index contributed by atoms with van der Waals surface area (Å²) in [6.07, 6.45) is 1.46. The molecule has 0 saturated heterocycles. The minimum Gasteiger partial charge on any atom is -0.383 e. The van der Waals surface area contributed by atoms with Crippen molar-refractivity contribution in [1.29, 1.82) is 0 Å². The molecule has 2 rings (SSSR count). The Hall–Kier alpha value is -2.90. The van der Waals surface area contributed by atoms with E-state index in [1.54, 1.807) is 26.1 Å². The van der Waals surface area contributed by atoms with Gasteiger partial charge in [-0.2, -0.15) is 0 Å². The maximum atomic E-state index is 11.7. The van der Waals surface area contributed by atoms with Crippen molar-refractivity contribution < 1.29 is 4.92 Å². The highest BCUT2D eigenvalue weighted by atomic mass is 16.6. The zero-order chi connectivity index (χ0) is 15.6. The van der Waals surface area contributed by atoms with Gasteiger partial charge in [-0.1, -0.05) is 6.07 Å². The zero-order valence-corrected chi connectivity index (χ0v) is 11.5. The largest absolute Gasteiger partial charge is 0.383 e. The summed E-state index contributed by atoms with van der Waals surface area (Å²) in [5.74, 6) is 0. The first-order valence-corrected chi connectivity index (χ1v) is 6.18. The van der Waals surface area contributed by atoms with E-state index in [9.17, 15) is 19.7 Å². The van der Waals surface area contributed by atoms with Crippen molar-refractivity contribution in [2.75, 3.05) is 12.4 Å². The quantitative estimate of drug-likeness (QED) is 0.640. The van der Waals surface area contributed by atoms with Gasteiger partial charge < -0.3 is 5.32 Å². The molecule has 1 heterocycles. The van der Waals surface area contributed by atoms with E-state index in [0.29, 0.717) is 16.8 Å². The van der Waals surface area contributed by atoms with Crippen LogP contribution in [0.1, 0.15) is 11.1 Å². The van der Waals surface area contributed by atoms with Crippen LogP contribution in [0.15, 0.2) is 34.0 Å². The normalized spacial score (nSPS) is 10.4. The number of nitrogens with zero attached hydrogens (tertiary/aromatic N) is 2. The van der Waals surface area contributed by atoms with Crippen molar-refractivity contribution >= 4 is 11.4 Å². The summed E-state index contributed by atoms with van der Waals surface area (Å²) in [7, 11) is 1.59. The summed E-state index contributed by atoms with van der Waals surface area (Å²) in [5, 5.41) is 13.6. The minimum atomic E-state index is -0.519. The molecule has 0 atom stereocenters. The van der Waals surface area contributed by atoms with Crippen molar-refractivity contribution in [2.45, 2.75) is 13.5 Å². The third kappa shape index (κ3) is 2.99. The summed E-state index contributed by atoms with van der Waals surface area (Å²) >= 11 is 0. The highest BCUT2D eigenvalue weighted by Crippen LogP contribution is 2.25. The Bertz CT molecular complexity index is 807. The lowest BCUT2D eigenvalue weighted by Gasteiger charge is -2.08. The SMILES string of the molecule is CNc1cc(Cn2cc(C)c(=O)[nH]c2=O)ccc1[N+](=O)[O-]. The van der Waals surface area contributed by atoms with E-state index in [4.69, 9.17) is 0 Å². The molecule has 110 valence electrons. The summed E-state index contributed by atoms with van der Waals surface area (Å²) in [6, 6.07) is 4.56. The maximum absolute atomic E-state index is 11.7. The predicted octanol–water partition coefficient (Wildman–Crippen LogP) is 0.843. The number of nitro benzene ring substituents is 1. The number of aromatic nitrogens is 2. The number of aromatic amines is 1. The van der Waals surface area contributed by atoms with Gasteiger partial charge in [0.15, 0.2) is 0 Å². The van der Waals surface area contributed by atoms with Gasteiger partial charge in [-0.3, -0.25) is 24.5 Å². The van der Waals surface area contributed by atoms with Gasteiger partial charge in [-0.25, -0.2) is 4.79 Å². The van der Waals surface area contributed by atoms with Crippen LogP contribution in [0.25, 0.3) is 0 Å². The molecule has 0 spiro atoms. The first-order chi connectivity index (χ1) is 9.92. The molecule has 2 N–H and O–H groups in total. The number of hydrogen-bond donors (Lipinski definition) is 2. The Kier molecular flexibility index (Phi) is 3.88. The third-order valence-electron chi connectivity index (χ3n) is 3.07. The lowest BCUT2D eigenvalue weighted by Crippen LogP contribution is -2.31. The second-order valence-corrected chi connectivity index (χ2v) is 4.56. The summed E-state index contributed by atoms with van der Waals surface area (Å²) in [4.78, 5) is 35.6. The Morgan fingerprint density at radius 3 is 2.71 bits per heavy atom. The van der Waals surface area contributed by atoms with Crippen LogP contribution in [-0.2, 0) is 6.54 Å². The van der Waals surface area contributed by atoms with E-state index >= 15 is 0 Å². The van der Waals surface area contributed by atoms with Gasteiger partial charge in [-0.15, -0.1) is 0 Å². The van der Waals surface area contributed by atoms with Crippen molar-refractivity contribution in [1.82, 2.24) is 9.55 Å². The number of hydrogen-bond acceptors (Lipinski definition) is 5. The molecular formula is C13H14N4O4. The molecule has 8 nitrogen and oxygen atoms in total. The van der Waals surface area contributed by atoms with Crippen molar-refractivity contribution in [3.8, 4) is 0 Å². The molecule has 0 aliphatic rings. The van der Waals surface area contributed by atoms with Gasteiger partial charge in [0.2, 0.25) is 0 Å². The van der Waals surface area contributed by atoms with Crippen LogP contribution in [-0.4, -0.2) is 21.5 Å². The Morgan fingerprint density at radius 2 is 2.10 bits per heavy atom. The Balaban J connectivity index is 2.41. The molecule has 0 aliphatic heterocycles. The average molecular weight is 290 g/mol. The second-order valence-electron chi connectivity index (χ2n) is 4.56. The molecule has 0 radical (unpaired) electrons. The monoisotopic (exact) mass is 290 g/mol. The van der Waals surface area contributed by atoms with Gasteiger partial charge >= 0.3 is 5.69 Å². The highest BCUT2D eigenvalue weighted by Gasteiger charge is 2.13. The summed E-state index contributed by atoms with van der Waals surface area (Å²) in [5.41, 5.74) is 0.521. The predicted molar refractivity (Wildman–Crippen MR) is 77.8 cm³/mol. The zero-order valence-electron chi connectivity index (χ0n) is 11.5. The van der Waals surface area contributed by atoms with Crippen LogP contribution in [0.5, 0.6) is 0 Å². The first-order valence-electron chi connectivity index (χ1n) is 6.18. The van der Waals surface area contributed by atoms with Crippen molar-refractivity contribution in [3.63, 3.8) is 0 Å². The van der Waals surface area contributed by atoms with Crippen molar-refractivity contribution in [3.05, 3.63) is 66.5 Å². The maximum Gasteiger partial charge on any atom is 0.328 e.